The summed E-state index contributed by atoms with van der Waals surface area (Å²) >= 11 is 9.50. The highest BCUT2D eigenvalue weighted by atomic mass is 79.9. The molecule has 1 rings (SSSR count). The van der Waals surface area contributed by atoms with Crippen LogP contribution in [-0.4, -0.2) is 11.2 Å². The zero-order valence-electron chi connectivity index (χ0n) is 9.00. The monoisotopic (exact) mass is 290 g/mol. The van der Waals surface area contributed by atoms with Gasteiger partial charge in [-0.15, -0.1) is 0 Å². The molecule has 1 N–H and O–H groups in total. The topological polar surface area (TPSA) is 20.2 Å². The van der Waals surface area contributed by atoms with Crippen molar-refractivity contribution in [1.82, 2.24) is 0 Å². The molecule has 3 heteroatoms. The number of aliphatic hydroxyl groups excluding tert-OH is 1. The molecule has 0 aliphatic carbocycles. The lowest BCUT2D eigenvalue weighted by molar-refractivity contribution is 0.123. The van der Waals surface area contributed by atoms with Crippen LogP contribution in [0, 0.1) is 5.92 Å². The van der Waals surface area contributed by atoms with Crippen LogP contribution in [-0.2, 0) is 6.42 Å². The first kappa shape index (κ1) is 13.0. The Morgan fingerprint density at radius 2 is 2.13 bits per heavy atom. The van der Waals surface area contributed by atoms with Crippen LogP contribution in [0.2, 0.25) is 5.02 Å². The molecule has 1 aromatic rings. The molecule has 1 aromatic carbocycles. The Hall–Kier alpha value is -0.0500. The molecule has 0 fully saturated rings. The van der Waals surface area contributed by atoms with Crippen LogP contribution in [0.25, 0.3) is 0 Å². The Morgan fingerprint density at radius 1 is 1.47 bits per heavy atom. The highest BCUT2D eigenvalue weighted by molar-refractivity contribution is 9.10. The fourth-order valence-corrected chi connectivity index (χ4v) is 2.38. The van der Waals surface area contributed by atoms with Crippen molar-refractivity contribution in [2.24, 2.45) is 5.92 Å². The van der Waals surface area contributed by atoms with Crippen molar-refractivity contribution >= 4 is 27.5 Å². The van der Waals surface area contributed by atoms with Crippen molar-refractivity contribution in [2.45, 2.75) is 32.8 Å². The summed E-state index contributed by atoms with van der Waals surface area (Å²) in [7, 11) is 0. The Balaban J connectivity index is 2.79. The van der Waals surface area contributed by atoms with E-state index >= 15 is 0 Å². The van der Waals surface area contributed by atoms with Crippen LogP contribution in [0.1, 0.15) is 25.8 Å². The van der Waals surface area contributed by atoms with Gasteiger partial charge in [0.05, 0.1) is 6.10 Å². The molecule has 0 aliphatic heterocycles. The second-order valence-corrected chi connectivity index (χ2v) is 5.17. The molecule has 2 unspecified atom stereocenters. The van der Waals surface area contributed by atoms with E-state index in [1.165, 1.54) is 0 Å². The predicted octanol–water partition coefficient (Wildman–Crippen LogP) is 4.05. The van der Waals surface area contributed by atoms with Crippen molar-refractivity contribution in [2.75, 3.05) is 0 Å². The van der Waals surface area contributed by atoms with Crippen molar-refractivity contribution < 1.29 is 5.11 Å². The lowest BCUT2D eigenvalue weighted by Gasteiger charge is -2.18. The zero-order valence-corrected chi connectivity index (χ0v) is 11.3. The van der Waals surface area contributed by atoms with Gasteiger partial charge in [0.1, 0.15) is 0 Å². The van der Waals surface area contributed by atoms with Crippen molar-refractivity contribution in [3.05, 3.63) is 33.3 Å². The molecule has 0 aliphatic rings. The van der Waals surface area contributed by atoms with Gasteiger partial charge >= 0.3 is 0 Å². The van der Waals surface area contributed by atoms with Crippen molar-refractivity contribution in [3.8, 4) is 0 Å². The highest BCUT2D eigenvalue weighted by Gasteiger charge is 2.14. The van der Waals surface area contributed by atoms with Crippen molar-refractivity contribution in [1.29, 1.82) is 0 Å². The Labute approximate surface area is 105 Å². The molecule has 0 saturated heterocycles. The molecule has 15 heavy (non-hydrogen) atoms. The van der Waals surface area contributed by atoms with E-state index in [9.17, 15) is 5.11 Å². The van der Waals surface area contributed by atoms with Crippen LogP contribution in [0.4, 0.5) is 0 Å². The number of rotatable bonds is 4. The molecular formula is C12H16BrClO. The van der Waals surface area contributed by atoms with Gasteiger partial charge in [-0.2, -0.15) is 0 Å². The predicted molar refractivity (Wildman–Crippen MR) is 68.3 cm³/mol. The maximum absolute atomic E-state index is 9.57. The van der Waals surface area contributed by atoms with Gasteiger partial charge in [0.15, 0.2) is 0 Å². The lowest BCUT2D eigenvalue weighted by Crippen LogP contribution is -2.18. The maximum Gasteiger partial charge on any atom is 0.0543 e. The normalized spacial score (nSPS) is 15.0. The summed E-state index contributed by atoms with van der Waals surface area (Å²) in [4.78, 5) is 0. The average molecular weight is 292 g/mol. The molecular weight excluding hydrogens is 275 g/mol. The third-order valence-corrected chi connectivity index (χ3v) is 3.55. The van der Waals surface area contributed by atoms with Crippen LogP contribution >= 0.6 is 27.5 Å². The SMILES string of the molecule is CCC(Cc1ccc(Br)cc1Cl)C(C)O. The second kappa shape index (κ2) is 5.88. The molecule has 0 aromatic heterocycles. The summed E-state index contributed by atoms with van der Waals surface area (Å²) < 4.78 is 0.987. The third-order valence-electron chi connectivity index (χ3n) is 2.70. The Bertz CT molecular complexity index is 325. The molecule has 1 nitrogen and oxygen atoms in total. The van der Waals surface area contributed by atoms with Crippen LogP contribution in [0.5, 0.6) is 0 Å². The van der Waals surface area contributed by atoms with Gasteiger partial charge in [-0.3, -0.25) is 0 Å². The largest absolute Gasteiger partial charge is 0.393 e. The molecule has 0 radical (unpaired) electrons. The van der Waals surface area contributed by atoms with E-state index in [1.807, 2.05) is 25.1 Å². The standard InChI is InChI=1S/C12H16BrClO/c1-3-9(8(2)15)6-10-4-5-11(13)7-12(10)14/h4-5,7-9,15H,3,6H2,1-2H3. The third kappa shape index (κ3) is 3.78. The number of hydrogen-bond donors (Lipinski definition) is 1. The minimum absolute atomic E-state index is 0.281. The number of aliphatic hydroxyl groups is 1. The fraction of sp³-hybridized carbons (Fsp3) is 0.500. The van der Waals surface area contributed by atoms with Gasteiger partial charge in [-0.25, -0.2) is 0 Å². The van der Waals surface area contributed by atoms with Crippen molar-refractivity contribution in [3.63, 3.8) is 0 Å². The van der Waals surface area contributed by atoms with Gasteiger partial charge in [0, 0.05) is 9.50 Å². The molecule has 2 atom stereocenters. The zero-order chi connectivity index (χ0) is 11.4. The van der Waals surface area contributed by atoms with Gasteiger partial charge in [0.2, 0.25) is 0 Å². The smallest absolute Gasteiger partial charge is 0.0543 e. The minimum atomic E-state index is -0.283. The lowest BCUT2D eigenvalue weighted by atomic mass is 9.92. The first-order valence-electron chi connectivity index (χ1n) is 5.16. The van der Waals surface area contributed by atoms with E-state index < -0.39 is 0 Å². The van der Waals surface area contributed by atoms with Crippen LogP contribution in [0.15, 0.2) is 22.7 Å². The summed E-state index contributed by atoms with van der Waals surface area (Å²) in [6.45, 7) is 3.92. The summed E-state index contributed by atoms with van der Waals surface area (Å²) in [6, 6.07) is 5.89. The van der Waals surface area contributed by atoms with Gasteiger partial charge < -0.3 is 5.11 Å². The van der Waals surface area contributed by atoms with E-state index in [1.54, 1.807) is 0 Å². The molecule has 84 valence electrons. The Morgan fingerprint density at radius 3 is 2.60 bits per heavy atom. The summed E-state index contributed by atoms with van der Waals surface area (Å²) in [5, 5.41) is 10.3. The van der Waals surface area contributed by atoms with Crippen LogP contribution < -0.4 is 0 Å². The average Bonchev–Trinajstić information content (AvgIpc) is 2.16. The molecule has 0 bridgehead atoms. The first-order valence-corrected chi connectivity index (χ1v) is 6.33. The maximum atomic E-state index is 9.57. The quantitative estimate of drug-likeness (QED) is 0.887. The van der Waals surface area contributed by atoms with E-state index in [-0.39, 0.29) is 12.0 Å². The molecule has 0 heterocycles. The van der Waals surface area contributed by atoms with E-state index in [2.05, 4.69) is 22.9 Å². The van der Waals surface area contributed by atoms with E-state index in [4.69, 9.17) is 11.6 Å². The summed E-state index contributed by atoms with van der Waals surface area (Å²) in [5.74, 6) is 0.281. The van der Waals surface area contributed by atoms with E-state index in [0.717, 1.165) is 27.9 Å². The highest BCUT2D eigenvalue weighted by Crippen LogP contribution is 2.25. The second-order valence-electron chi connectivity index (χ2n) is 3.85. The minimum Gasteiger partial charge on any atom is -0.393 e. The number of hydrogen-bond acceptors (Lipinski definition) is 1. The van der Waals surface area contributed by atoms with Gasteiger partial charge in [0.25, 0.3) is 0 Å². The number of halogens is 2. The Kier molecular flexibility index (Phi) is 5.10. The van der Waals surface area contributed by atoms with Gasteiger partial charge in [-0.05, 0) is 37.0 Å². The summed E-state index contributed by atoms with van der Waals surface area (Å²) in [6.07, 6.45) is 1.51. The molecule has 0 amide bonds. The van der Waals surface area contributed by atoms with Crippen LogP contribution in [0.3, 0.4) is 0 Å². The summed E-state index contributed by atoms with van der Waals surface area (Å²) in [5.41, 5.74) is 1.10. The fourth-order valence-electron chi connectivity index (χ4n) is 1.63. The number of benzene rings is 1. The molecule has 0 saturated carbocycles. The first-order chi connectivity index (χ1) is 7.04. The molecule has 0 spiro atoms. The van der Waals surface area contributed by atoms with Gasteiger partial charge in [-0.1, -0.05) is 46.9 Å². The van der Waals surface area contributed by atoms with E-state index in [0.29, 0.717) is 0 Å².